The molecule has 33 heavy (non-hydrogen) atoms. The molecule has 0 aromatic carbocycles. The Hall–Kier alpha value is -1.23. The molecule has 1 N–H and O–H groups in total. The predicted molar refractivity (Wildman–Crippen MR) is 145 cm³/mol. The van der Waals surface area contributed by atoms with E-state index in [2.05, 4.69) is 73.1 Å². The standard InChI is InChI=1S/C25H50N2O4Si2/c1-14-18-25(26-23(29)27(10)11,21(6)31-32(12,13)24(7,8)9)22(28)20(5)19-30-33(15-2,16-3)17-4/h14,21H,1,5,15-19H2,2-4,6-13H3,(H,26,29)/t21-,25+/m0/s1. The van der Waals surface area contributed by atoms with E-state index in [1.165, 1.54) is 4.90 Å². The van der Waals surface area contributed by atoms with Crippen LogP contribution in [0.2, 0.25) is 36.3 Å². The Morgan fingerprint density at radius 3 is 1.94 bits per heavy atom. The van der Waals surface area contributed by atoms with Gasteiger partial charge in [-0.1, -0.05) is 54.2 Å². The summed E-state index contributed by atoms with van der Waals surface area (Å²) in [7, 11) is -0.829. The molecule has 2 amide bonds. The van der Waals surface area contributed by atoms with Crippen molar-refractivity contribution < 1.29 is 18.4 Å². The highest BCUT2D eigenvalue weighted by Gasteiger charge is 2.49. The topological polar surface area (TPSA) is 67.9 Å². The van der Waals surface area contributed by atoms with E-state index in [9.17, 15) is 9.59 Å². The lowest BCUT2D eigenvalue weighted by Crippen LogP contribution is -2.65. The molecule has 0 spiro atoms. The van der Waals surface area contributed by atoms with Crippen LogP contribution in [0.25, 0.3) is 0 Å². The van der Waals surface area contributed by atoms with Crippen LogP contribution in [0.15, 0.2) is 24.8 Å². The summed E-state index contributed by atoms with van der Waals surface area (Å²) in [5.41, 5.74) is -0.956. The molecule has 6 nitrogen and oxygen atoms in total. The molecule has 0 saturated carbocycles. The number of nitrogens with zero attached hydrogens (tertiary/aromatic N) is 1. The number of Topliss-reactive ketones (excluding diaryl/α,β-unsaturated/α-hetero) is 1. The van der Waals surface area contributed by atoms with Crippen molar-refractivity contribution in [1.29, 1.82) is 0 Å². The molecule has 0 aliphatic heterocycles. The van der Waals surface area contributed by atoms with Gasteiger partial charge in [0.05, 0.1) is 12.7 Å². The van der Waals surface area contributed by atoms with Crippen molar-refractivity contribution in [3.63, 3.8) is 0 Å². The van der Waals surface area contributed by atoms with Crippen LogP contribution in [-0.4, -0.2) is 65.7 Å². The number of urea groups is 1. The van der Waals surface area contributed by atoms with Gasteiger partial charge in [-0.05, 0) is 49.6 Å². The van der Waals surface area contributed by atoms with Gasteiger partial charge in [-0.3, -0.25) is 4.79 Å². The normalized spacial score (nSPS) is 15.4. The molecule has 0 aromatic heterocycles. The zero-order valence-electron chi connectivity index (χ0n) is 23.2. The van der Waals surface area contributed by atoms with Crippen LogP contribution in [0.5, 0.6) is 0 Å². The number of nitrogens with one attached hydrogen (secondary N) is 1. The maximum atomic E-state index is 14.0. The molecule has 0 saturated heterocycles. The largest absolute Gasteiger partial charge is 0.412 e. The molecule has 0 aliphatic rings. The summed E-state index contributed by atoms with van der Waals surface area (Å²) in [5.74, 6) is -0.255. The van der Waals surface area contributed by atoms with Crippen LogP contribution in [0.4, 0.5) is 4.79 Å². The molecule has 0 heterocycles. The third kappa shape index (κ3) is 7.90. The van der Waals surface area contributed by atoms with Crippen LogP contribution in [-0.2, 0) is 13.6 Å². The van der Waals surface area contributed by atoms with Crippen molar-refractivity contribution >= 4 is 28.4 Å². The van der Waals surface area contributed by atoms with Gasteiger partial charge in [0.1, 0.15) is 5.54 Å². The van der Waals surface area contributed by atoms with E-state index < -0.39 is 28.3 Å². The summed E-state index contributed by atoms with van der Waals surface area (Å²) in [6.45, 7) is 27.2. The van der Waals surface area contributed by atoms with Gasteiger partial charge in [0.15, 0.2) is 22.4 Å². The molecule has 0 aromatic rings. The lowest BCUT2D eigenvalue weighted by molar-refractivity contribution is -0.125. The van der Waals surface area contributed by atoms with Gasteiger partial charge in [-0.25, -0.2) is 4.79 Å². The van der Waals surface area contributed by atoms with E-state index in [0.717, 1.165) is 18.1 Å². The third-order valence-corrected chi connectivity index (χ3v) is 16.6. The number of carbonyl (C=O) groups is 2. The van der Waals surface area contributed by atoms with E-state index in [-0.39, 0.29) is 29.9 Å². The van der Waals surface area contributed by atoms with Crippen molar-refractivity contribution in [3.8, 4) is 0 Å². The molecule has 8 heteroatoms. The molecule has 0 fully saturated rings. The monoisotopic (exact) mass is 498 g/mol. The summed E-state index contributed by atoms with van der Waals surface area (Å²) in [4.78, 5) is 28.2. The minimum absolute atomic E-state index is 0.0511. The maximum absolute atomic E-state index is 14.0. The first-order valence-electron chi connectivity index (χ1n) is 12.1. The fourth-order valence-corrected chi connectivity index (χ4v) is 7.61. The quantitative estimate of drug-likeness (QED) is 0.178. The highest BCUT2D eigenvalue weighted by Crippen LogP contribution is 2.39. The Morgan fingerprint density at radius 2 is 1.58 bits per heavy atom. The summed E-state index contributed by atoms with van der Waals surface area (Å²) in [6, 6.07) is 2.61. The number of carbonyl (C=O) groups excluding carboxylic acids is 2. The molecule has 192 valence electrons. The van der Waals surface area contributed by atoms with Crippen molar-refractivity contribution in [2.45, 2.75) is 103 Å². The second-order valence-corrected chi connectivity index (χ2v) is 20.3. The van der Waals surface area contributed by atoms with Gasteiger partial charge in [-0.15, -0.1) is 6.58 Å². The Balaban J connectivity index is 6.26. The number of ketones is 1. The molecule has 2 atom stereocenters. The molecular formula is C25H50N2O4Si2. The maximum Gasteiger partial charge on any atom is 0.317 e. The number of rotatable bonds is 14. The van der Waals surface area contributed by atoms with E-state index in [1.807, 2.05) is 6.92 Å². The summed E-state index contributed by atoms with van der Waals surface area (Å²) >= 11 is 0. The van der Waals surface area contributed by atoms with Gasteiger partial charge < -0.3 is 19.1 Å². The van der Waals surface area contributed by atoms with Crippen LogP contribution < -0.4 is 5.32 Å². The van der Waals surface area contributed by atoms with Crippen LogP contribution >= 0.6 is 0 Å². The smallest absolute Gasteiger partial charge is 0.317 e. The fraction of sp³-hybridized carbons (Fsp3) is 0.760. The number of hydrogen-bond acceptors (Lipinski definition) is 4. The Morgan fingerprint density at radius 1 is 1.09 bits per heavy atom. The summed E-state index contributed by atoms with van der Waals surface area (Å²) in [5, 5.41) is 2.93. The van der Waals surface area contributed by atoms with Crippen molar-refractivity contribution in [2.75, 3.05) is 20.7 Å². The van der Waals surface area contributed by atoms with Gasteiger partial charge in [0, 0.05) is 19.7 Å². The SMILES string of the molecule is C=CC[C@](NC(=O)N(C)C)(C(=O)C(=C)CO[Si](CC)(CC)CC)[C@H](C)O[Si](C)(C)C(C)(C)C. The first-order valence-corrected chi connectivity index (χ1v) is 17.6. The summed E-state index contributed by atoms with van der Waals surface area (Å²) < 4.78 is 13.0. The second kappa shape index (κ2) is 12.5. The van der Waals surface area contributed by atoms with E-state index in [1.54, 1.807) is 20.2 Å². The highest BCUT2D eigenvalue weighted by molar-refractivity contribution is 6.74. The number of hydrogen-bond donors (Lipinski definition) is 1. The molecule has 0 unspecified atom stereocenters. The van der Waals surface area contributed by atoms with Gasteiger partial charge >= 0.3 is 6.03 Å². The van der Waals surface area contributed by atoms with Gasteiger partial charge in [0.2, 0.25) is 0 Å². The Kier molecular flexibility index (Phi) is 12.0. The molecule has 0 bridgehead atoms. The first kappa shape index (κ1) is 31.8. The molecular weight excluding hydrogens is 448 g/mol. The molecule has 0 rings (SSSR count). The Labute approximate surface area is 205 Å². The first-order chi connectivity index (χ1) is 15.0. The minimum atomic E-state index is -2.24. The number of amides is 2. The molecule has 0 radical (unpaired) electrons. The van der Waals surface area contributed by atoms with E-state index in [4.69, 9.17) is 8.85 Å². The third-order valence-electron chi connectivity index (χ3n) is 7.39. The summed E-state index contributed by atoms with van der Waals surface area (Å²) in [6.07, 6.45) is 1.32. The lowest BCUT2D eigenvalue weighted by atomic mass is 9.82. The zero-order valence-corrected chi connectivity index (χ0v) is 25.2. The van der Waals surface area contributed by atoms with E-state index in [0.29, 0.717) is 5.57 Å². The van der Waals surface area contributed by atoms with E-state index >= 15 is 0 Å². The molecule has 0 aliphatic carbocycles. The predicted octanol–water partition coefficient (Wildman–Crippen LogP) is 6.13. The van der Waals surface area contributed by atoms with Gasteiger partial charge in [-0.2, -0.15) is 0 Å². The lowest BCUT2D eigenvalue weighted by Gasteiger charge is -2.45. The average Bonchev–Trinajstić information content (AvgIpc) is 2.72. The van der Waals surface area contributed by atoms with Crippen molar-refractivity contribution in [3.05, 3.63) is 24.8 Å². The fourth-order valence-electron chi connectivity index (χ4n) is 3.58. The average molecular weight is 499 g/mol. The Bertz CT molecular complexity index is 689. The van der Waals surface area contributed by atoms with Gasteiger partial charge in [0.25, 0.3) is 0 Å². The highest BCUT2D eigenvalue weighted by atomic mass is 28.4. The van der Waals surface area contributed by atoms with Crippen LogP contribution in [0.3, 0.4) is 0 Å². The van der Waals surface area contributed by atoms with Crippen molar-refractivity contribution in [2.24, 2.45) is 0 Å². The van der Waals surface area contributed by atoms with Crippen LogP contribution in [0, 0.1) is 0 Å². The van der Waals surface area contributed by atoms with Crippen LogP contribution in [0.1, 0.15) is 54.9 Å². The van der Waals surface area contributed by atoms with Crippen molar-refractivity contribution in [1.82, 2.24) is 10.2 Å². The second-order valence-electron chi connectivity index (χ2n) is 10.8. The minimum Gasteiger partial charge on any atom is -0.412 e. The zero-order chi connectivity index (χ0) is 26.3.